The quantitative estimate of drug-likeness (QED) is 0.614. The fraction of sp³-hybridized carbons (Fsp3) is 0. The predicted octanol–water partition coefficient (Wildman–Crippen LogP) is 2.93. The van der Waals surface area contributed by atoms with Crippen molar-refractivity contribution in [1.82, 2.24) is 0 Å². The zero-order chi connectivity index (χ0) is 13.4. The van der Waals surface area contributed by atoms with E-state index in [-0.39, 0.29) is 16.9 Å². The van der Waals surface area contributed by atoms with Gasteiger partial charge in [0.1, 0.15) is 17.3 Å². The summed E-state index contributed by atoms with van der Waals surface area (Å²) in [7, 11) is 0. The number of carbonyl (C=O) groups is 2. The van der Waals surface area contributed by atoms with Gasteiger partial charge in [-0.15, -0.1) is 0 Å². The van der Waals surface area contributed by atoms with E-state index in [2.05, 4.69) is 4.74 Å². The van der Waals surface area contributed by atoms with E-state index >= 15 is 0 Å². The summed E-state index contributed by atoms with van der Waals surface area (Å²) < 4.78 is 22.7. The highest BCUT2D eigenvalue weighted by Gasteiger charge is 2.29. The number of cyclic esters (lactones) is 2. The molecule has 94 valence electrons. The molecule has 0 spiro atoms. The van der Waals surface area contributed by atoms with E-state index in [9.17, 15) is 14.0 Å². The maximum absolute atomic E-state index is 12.7. The largest absolute Gasteiger partial charge is 0.457 e. The minimum Gasteiger partial charge on any atom is -0.457 e. The van der Waals surface area contributed by atoms with E-state index in [1.54, 1.807) is 6.07 Å². The van der Waals surface area contributed by atoms with Crippen molar-refractivity contribution in [3.8, 4) is 11.5 Å². The van der Waals surface area contributed by atoms with Gasteiger partial charge >= 0.3 is 11.9 Å². The SMILES string of the molecule is O=C1OC(=O)c2cc(Oc3ccc(F)cc3)ccc21. The van der Waals surface area contributed by atoms with Gasteiger partial charge in [-0.05, 0) is 42.5 Å². The molecule has 0 aromatic heterocycles. The molecule has 0 amide bonds. The van der Waals surface area contributed by atoms with Crippen LogP contribution in [0.4, 0.5) is 4.39 Å². The standard InChI is InChI=1S/C14H7FO4/c15-8-1-3-9(4-2-8)18-10-5-6-11-12(7-10)14(17)19-13(11)16/h1-7H. The van der Waals surface area contributed by atoms with E-state index in [1.807, 2.05) is 0 Å². The van der Waals surface area contributed by atoms with Crippen LogP contribution in [0.15, 0.2) is 42.5 Å². The summed E-state index contributed by atoms with van der Waals surface area (Å²) in [5, 5.41) is 0. The number of hydrogen-bond donors (Lipinski definition) is 0. The molecular weight excluding hydrogens is 251 g/mol. The third kappa shape index (κ3) is 2.06. The fourth-order valence-electron chi connectivity index (χ4n) is 1.77. The number of ether oxygens (including phenoxy) is 2. The van der Waals surface area contributed by atoms with Crippen LogP contribution in [-0.2, 0) is 4.74 Å². The van der Waals surface area contributed by atoms with Crippen molar-refractivity contribution >= 4 is 11.9 Å². The smallest absolute Gasteiger partial charge is 0.347 e. The van der Waals surface area contributed by atoms with Crippen LogP contribution in [-0.4, -0.2) is 11.9 Å². The Morgan fingerprint density at radius 2 is 1.47 bits per heavy atom. The van der Waals surface area contributed by atoms with Crippen molar-refractivity contribution < 1.29 is 23.5 Å². The van der Waals surface area contributed by atoms with Crippen molar-refractivity contribution in [3.05, 3.63) is 59.4 Å². The number of fused-ring (bicyclic) bond motifs is 1. The van der Waals surface area contributed by atoms with Crippen LogP contribution in [0.25, 0.3) is 0 Å². The average Bonchev–Trinajstić information content (AvgIpc) is 2.68. The highest BCUT2D eigenvalue weighted by Crippen LogP contribution is 2.28. The van der Waals surface area contributed by atoms with E-state index in [1.165, 1.54) is 36.4 Å². The molecule has 1 aliphatic heterocycles. The molecule has 19 heavy (non-hydrogen) atoms. The number of benzene rings is 2. The summed E-state index contributed by atoms with van der Waals surface area (Å²) in [6, 6.07) is 9.88. The molecule has 4 nitrogen and oxygen atoms in total. The highest BCUT2D eigenvalue weighted by molar-refractivity contribution is 6.14. The van der Waals surface area contributed by atoms with Crippen LogP contribution in [0.5, 0.6) is 11.5 Å². The summed E-state index contributed by atoms with van der Waals surface area (Å²) in [4.78, 5) is 22.6. The van der Waals surface area contributed by atoms with Crippen LogP contribution >= 0.6 is 0 Å². The minimum atomic E-state index is -0.690. The molecular formula is C14H7FO4. The lowest BCUT2D eigenvalue weighted by atomic mass is 10.1. The summed E-state index contributed by atoms with van der Waals surface area (Å²) in [5.74, 6) is -0.913. The summed E-state index contributed by atoms with van der Waals surface area (Å²) in [6.45, 7) is 0. The lowest BCUT2D eigenvalue weighted by Crippen LogP contribution is -1.96. The first-order chi connectivity index (χ1) is 9.13. The van der Waals surface area contributed by atoms with E-state index in [4.69, 9.17) is 4.74 Å². The Hall–Kier alpha value is -2.69. The number of hydrogen-bond acceptors (Lipinski definition) is 4. The molecule has 3 rings (SSSR count). The van der Waals surface area contributed by atoms with Gasteiger partial charge in [0.2, 0.25) is 0 Å². The maximum Gasteiger partial charge on any atom is 0.347 e. The zero-order valence-corrected chi connectivity index (χ0v) is 9.55. The van der Waals surface area contributed by atoms with Gasteiger partial charge in [-0.25, -0.2) is 14.0 Å². The van der Waals surface area contributed by atoms with Crippen molar-refractivity contribution in [1.29, 1.82) is 0 Å². The molecule has 5 heteroatoms. The molecule has 2 aromatic rings. The van der Waals surface area contributed by atoms with Crippen LogP contribution < -0.4 is 4.74 Å². The second kappa shape index (κ2) is 4.20. The van der Waals surface area contributed by atoms with Gasteiger partial charge in [0.15, 0.2) is 0 Å². The van der Waals surface area contributed by atoms with Gasteiger partial charge in [-0.2, -0.15) is 0 Å². The second-order valence-electron chi connectivity index (χ2n) is 3.94. The zero-order valence-electron chi connectivity index (χ0n) is 9.55. The lowest BCUT2D eigenvalue weighted by Gasteiger charge is -2.05. The Morgan fingerprint density at radius 3 is 2.21 bits per heavy atom. The molecule has 0 aliphatic carbocycles. The molecule has 0 saturated heterocycles. The fourth-order valence-corrected chi connectivity index (χ4v) is 1.77. The Balaban J connectivity index is 1.91. The monoisotopic (exact) mass is 258 g/mol. The van der Waals surface area contributed by atoms with Crippen LogP contribution in [0, 0.1) is 5.82 Å². The molecule has 0 saturated carbocycles. The Labute approximate surface area is 107 Å². The summed E-state index contributed by atoms with van der Waals surface area (Å²) in [6.07, 6.45) is 0. The van der Waals surface area contributed by atoms with Crippen molar-refractivity contribution in [2.24, 2.45) is 0 Å². The van der Waals surface area contributed by atoms with Gasteiger partial charge in [-0.1, -0.05) is 0 Å². The van der Waals surface area contributed by atoms with Crippen molar-refractivity contribution in [3.63, 3.8) is 0 Å². The van der Waals surface area contributed by atoms with Crippen LogP contribution in [0.3, 0.4) is 0 Å². The first-order valence-electron chi connectivity index (χ1n) is 5.47. The van der Waals surface area contributed by atoms with E-state index in [0.29, 0.717) is 11.5 Å². The Kier molecular flexibility index (Phi) is 2.52. The van der Waals surface area contributed by atoms with Gasteiger partial charge in [-0.3, -0.25) is 0 Å². The summed E-state index contributed by atoms with van der Waals surface area (Å²) in [5.41, 5.74) is 0.390. The van der Waals surface area contributed by atoms with Gasteiger partial charge in [0.05, 0.1) is 11.1 Å². The molecule has 0 fully saturated rings. The third-order valence-corrected chi connectivity index (χ3v) is 2.67. The topological polar surface area (TPSA) is 52.6 Å². The highest BCUT2D eigenvalue weighted by atomic mass is 19.1. The normalized spacial score (nSPS) is 13.1. The van der Waals surface area contributed by atoms with Gasteiger partial charge in [0, 0.05) is 0 Å². The van der Waals surface area contributed by atoms with Crippen molar-refractivity contribution in [2.45, 2.75) is 0 Å². The number of rotatable bonds is 2. The third-order valence-electron chi connectivity index (χ3n) is 2.67. The minimum absolute atomic E-state index is 0.171. The summed E-state index contributed by atoms with van der Waals surface area (Å²) >= 11 is 0. The van der Waals surface area contributed by atoms with Crippen molar-refractivity contribution in [2.75, 3.05) is 0 Å². The van der Waals surface area contributed by atoms with E-state index < -0.39 is 11.9 Å². The molecule has 2 aromatic carbocycles. The molecule has 0 unspecified atom stereocenters. The lowest BCUT2D eigenvalue weighted by molar-refractivity contribution is 0.0443. The molecule has 0 radical (unpaired) electrons. The second-order valence-corrected chi connectivity index (χ2v) is 3.94. The Bertz CT molecular complexity index is 676. The number of carbonyl (C=O) groups excluding carboxylic acids is 2. The van der Waals surface area contributed by atoms with Gasteiger partial charge in [0.25, 0.3) is 0 Å². The molecule has 0 bridgehead atoms. The molecule has 1 heterocycles. The molecule has 1 aliphatic rings. The first kappa shape index (κ1) is 11.4. The molecule has 0 N–H and O–H groups in total. The average molecular weight is 258 g/mol. The number of halogens is 1. The first-order valence-corrected chi connectivity index (χ1v) is 5.47. The van der Waals surface area contributed by atoms with Gasteiger partial charge < -0.3 is 9.47 Å². The van der Waals surface area contributed by atoms with Crippen LogP contribution in [0.1, 0.15) is 20.7 Å². The number of esters is 2. The van der Waals surface area contributed by atoms with Crippen LogP contribution in [0.2, 0.25) is 0 Å². The maximum atomic E-state index is 12.7. The predicted molar refractivity (Wildman–Crippen MR) is 62.7 cm³/mol. The molecule has 0 atom stereocenters. The Morgan fingerprint density at radius 1 is 0.842 bits per heavy atom. The van der Waals surface area contributed by atoms with E-state index in [0.717, 1.165) is 0 Å².